The second-order valence-corrected chi connectivity index (χ2v) is 5.82. The van der Waals surface area contributed by atoms with Crippen LogP contribution in [0.4, 0.5) is 5.69 Å². The van der Waals surface area contributed by atoms with E-state index in [9.17, 15) is 0 Å². The molecule has 4 heteroatoms. The summed E-state index contributed by atoms with van der Waals surface area (Å²) in [5, 5.41) is 6.80. The van der Waals surface area contributed by atoms with Crippen LogP contribution in [-0.4, -0.2) is 37.0 Å². The first kappa shape index (κ1) is 14.4. The molecule has 0 aromatic heterocycles. The number of unbranched alkanes of at least 4 members (excludes halogenated alkanes) is 1. The molecule has 1 saturated heterocycles. The average molecular weight is 277 g/mol. The largest absolute Gasteiger partial charge is 0.385 e. The Morgan fingerprint density at radius 1 is 1.26 bits per heavy atom. The van der Waals surface area contributed by atoms with Crippen LogP contribution in [0.15, 0.2) is 41.8 Å². The molecule has 0 bridgehead atoms. The summed E-state index contributed by atoms with van der Waals surface area (Å²) in [6.07, 6.45) is 4.18. The summed E-state index contributed by atoms with van der Waals surface area (Å²) < 4.78 is 2.42. The van der Waals surface area contributed by atoms with Gasteiger partial charge < -0.3 is 10.6 Å². The molecule has 104 valence electrons. The third-order valence-electron chi connectivity index (χ3n) is 3.08. The molecule has 1 aliphatic rings. The van der Waals surface area contributed by atoms with Gasteiger partial charge in [-0.2, -0.15) is 0 Å². The number of piperazine rings is 1. The number of allylic oxidation sites excluding steroid dienone is 1. The van der Waals surface area contributed by atoms with E-state index in [-0.39, 0.29) is 0 Å². The maximum Gasteiger partial charge on any atom is 0.0340 e. The summed E-state index contributed by atoms with van der Waals surface area (Å²) in [6.45, 7) is 9.16. The first-order valence-corrected chi connectivity index (χ1v) is 7.74. The Hall–Kier alpha value is -0.970. The monoisotopic (exact) mass is 277 g/mol. The van der Waals surface area contributed by atoms with Gasteiger partial charge in [0.25, 0.3) is 0 Å². The predicted octanol–water partition coefficient (Wildman–Crippen LogP) is 2.98. The van der Waals surface area contributed by atoms with Crippen LogP contribution < -0.4 is 10.6 Å². The zero-order chi connectivity index (χ0) is 13.3. The van der Waals surface area contributed by atoms with Crippen molar-refractivity contribution in [2.75, 3.05) is 38.0 Å². The Morgan fingerprint density at radius 3 is 2.68 bits per heavy atom. The van der Waals surface area contributed by atoms with Crippen LogP contribution in [0.25, 0.3) is 0 Å². The summed E-state index contributed by atoms with van der Waals surface area (Å²) in [4.78, 5) is 1.32. The SMILES string of the molecule is C=CCCCNc1ccc(SN2CCNCC2)cc1. The van der Waals surface area contributed by atoms with E-state index in [0.29, 0.717) is 0 Å². The summed E-state index contributed by atoms with van der Waals surface area (Å²) in [5.41, 5.74) is 1.20. The van der Waals surface area contributed by atoms with Crippen molar-refractivity contribution in [1.82, 2.24) is 9.62 Å². The highest BCUT2D eigenvalue weighted by atomic mass is 32.2. The zero-order valence-electron chi connectivity index (χ0n) is 11.4. The van der Waals surface area contributed by atoms with E-state index < -0.39 is 0 Å². The van der Waals surface area contributed by atoms with Gasteiger partial charge in [-0.15, -0.1) is 6.58 Å². The van der Waals surface area contributed by atoms with Gasteiger partial charge in [-0.05, 0) is 49.1 Å². The molecule has 1 aliphatic heterocycles. The van der Waals surface area contributed by atoms with Gasteiger partial charge in [0.05, 0.1) is 0 Å². The molecule has 0 saturated carbocycles. The second kappa shape index (κ2) is 8.25. The third kappa shape index (κ3) is 5.27. The van der Waals surface area contributed by atoms with Crippen LogP contribution in [0.2, 0.25) is 0 Å². The zero-order valence-corrected chi connectivity index (χ0v) is 12.2. The maximum absolute atomic E-state index is 3.73. The van der Waals surface area contributed by atoms with Crippen molar-refractivity contribution in [3.8, 4) is 0 Å². The highest BCUT2D eigenvalue weighted by Crippen LogP contribution is 2.24. The van der Waals surface area contributed by atoms with Crippen molar-refractivity contribution in [2.45, 2.75) is 17.7 Å². The highest BCUT2D eigenvalue weighted by Gasteiger charge is 2.10. The molecule has 2 N–H and O–H groups in total. The normalized spacial score (nSPS) is 16.2. The Labute approximate surface area is 120 Å². The fourth-order valence-corrected chi connectivity index (χ4v) is 2.92. The lowest BCUT2D eigenvalue weighted by Gasteiger charge is -2.25. The molecule has 1 fully saturated rings. The van der Waals surface area contributed by atoms with Gasteiger partial charge in [0, 0.05) is 43.3 Å². The van der Waals surface area contributed by atoms with Gasteiger partial charge >= 0.3 is 0 Å². The van der Waals surface area contributed by atoms with Crippen molar-refractivity contribution in [3.05, 3.63) is 36.9 Å². The lowest BCUT2D eigenvalue weighted by molar-refractivity contribution is 0.396. The van der Waals surface area contributed by atoms with E-state index in [4.69, 9.17) is 0 Å². The molecule has 0 radical (unpaired) electrons. The van der Waals surface area contributed by atoms with E-state index in [0.717, 1.165) is 45.6 Å². The fraction of sp³-hybridized carbons (Fsp3) is 0.467. The van der Waals surface area contributed by atoms with Gasteiger partial charge in [0.2, 0.25) is 0 Å². The molecule has 0 amide bonds. The van der Waals surface area contributed by atoms with Gasteiger partial charge in [-0.1, -0.05) is 6.08 Å². The fourth-order valence-electron chi connectivity index (χ4n) is 2.00. The molecule has 0 unspecified atom stereocenters. The second-order valence-electron chi connectivity index (χ2n) is 4.65. The topological polar surface area (TPSA) is 27.3 Å². The van der Waals surface area contributed by atoms with E-state index in [1.165, 1.54) is 10.6 Å². The minimum Gasteiger partial charge on any atom is -0.385 e. The van der Waals surface area contributed by atoms with Crippen molar-refractivity contribution in [2.24, 2.45) is 0 Å². The number of benzene rings is 1. The third-order valence-corrected chi connectivity index (χ3v) is 4.19. The number of nitrogens with zero attached hydrogens (tertiary/aromatic N) is 1. The lowest BCUT2D eigenvalue weighted by atomic mass is 10.3. The Balaban J connectivity index is 1.75. The van der Waals surface area contributed by atoms with E-state index in [2.05, 4.69) is 45.8 Å². The Morgan fingerprint density at radius 2 is 2.00 bits per heavy atom. The molecule has 1 heterocycles. The van der Waals surface area contributed by atoms with Gasteiger partial charge in [0.1, 0.15) is 0 Å². The van der Waals surface area contributed by atoms with Gasteiger partial charge in [-0.3, -0.25) is 0 Å². The maximum atomic E-state index is 3.73. The Kier molecular flexibility index (Phi) is 6.27. The number of anilines is 1. The molecule has 2 rings (SSSR count). The van der Waals surface area contributed by atoms with Crippen LogP contribution in [0.5, 0.6) is 0 Å². The van der Waals surface area contributed by atoms with Crippen molar-refractivity contribution < 1.29 is 0 Å². The summed E-state index contributed by atoms with van der Waals surface area (Å²) >= 11 is 1.86. The molecule has 1 aromatic carbocycles. The van der Waals surface area contributed by atoms with Crippen molar-refractivity contribution >= 4 is 17.6 Å². The van der Waals surface area contributed by atoms with E-state index in [1.807, 2.05) is 18.0 Å². The molecular formula is C15H23N3S. The lowest BCUT2D eigenvalue weighted by Crippen LogP contribution is -2.39. The summed E-state index contributed by atoms with van der Waals surface area (Å²) in [6, 6.07) is 8.72. The number of rotatable bonds is 7. The molecule has 0 spiro atoms. The van der Waals surface area contributed by atoms with Crippen LogP contribution in [0.3, 0.4) is 0 Å². The van der Waals surface area contributed by atoms with Crippen molar-refractivity contribution in [1.29, 1.82) is 0 Å². The smallest absolute Gasteiger partial charge is 0.0340 e. The van der Waals surface area contributed by atoms with Crippen LogP contribution in [0.1, 0.15) is 12.8 Å². The number of hydrogen-bond acceptors (Lipinski definition) is 4. The van der Waals surface area contributed by atoms with Gasteiger partial charge in [0.15, 0.2) is 0 Å². The van der Waals surface area contributed by atoms with Gasteiger partial charge in [-0.25, -0.2) is 4.31 Å². The number of hydrogen-bond donors (Lipinski definition) is 2. The van der Waals surface area contributed by atoms with E-state index in [1.54, 1.807) is 0 Å². The predicted molar refractivity (Wildman–Crippen MR) is 84.7 cm³/mol. The molecule has 0 aliphatic carbocycles. The minimum atomic E-state index is 1.01. The standard InChI is InChI=1S/C15H23N3S/c1-2-3-4-9-17-14-5-7-15(8-6-14)19-18-12-10-16-11-13-18/h2,5-8,16-17H,1,3-4,9-13H2. The number of nitrogens with one attached hydrogen (secondary N) is 2. The van der Waals surface area contributed by atoms with Crippen LogP contribution in [0, 0.1) is 0 Å². The quantitative estimate of drug-likeness (QED) is 0.455. The van der Waals surface area contributed by atoms with Crippen LogP contribution >= 0.6 is 11.9 Å². The molecule has 1 aromatic rings. The highest BCUT2D eigenvalue weighted by molar-refractivity contribution is 7.97. The summed E-state index contributed by atoms with van der Waals surface area (Å²) in [5.74, 6) is 0. The Bertz CT molecular complexity index is 371. The summed E-state index contributed by atoms with van der Waals surface area (Å²) in [7, 11) is 0. The molecule has 3 nitrogen and oxygen atoms in total. The molecular weight excluding hydrogens is 254 g/mol. The van der Waals surface area contributed by atoms with E-state index >= 15 is 0 Å². The first-order chi connectivity index (χ1) is 9.38. The van der Waals surface area contributed by atoms with Crippen LogP contribution in [-0.2, 0) is 0 Å². The molecule has 19 heavy (non-hydrogen) atoms. The van der Waals surface area contributed by atoms with Crippen molar-refractivity contribution in [3.63, 3.8) is 0 Å². The molecule has 0 atom stereocenters. The minimum absolute atomic E-state index is 1.01. The first-order valence-electron chi connectivity index (χ1n) is 6.97. The average Bonchev–Trinajstić information content (AvgIpc) is 2.46.